The average molecular weight is 421 g/mol. The van der Waals surface area contributed by atoms with Crippen LogP contribution in [-0.4, -0.2) is 35.2 Å². The third-order valence-corrected chi connectivity index (χ3v) is 5.36. The van der Waals surface area contributed by atoms with Gasteiger partial charge in [0, 0.05) is 23.7 Å². The van der Waals surface area contributed by atoms with E-state index in [1.54, 1.807) is 13.2 Å². The molecule has 0 aliphatic heterocycles. The van der Waals surface area contributed by atoms with Gasteiger partial charge in [-0.2, -0.15) is 5.10 Å². The third-order valence-electron chi connectivity index (χ3n) is 5.36. The predicted molar refractivity (Wildman–Crippen MR) is 119 cm³/mol. The number of rotatable bonds is 8. The summed E-state index contributed by atoms with van der Waals surface area (Å²) in [6.45, 7) is 7.51. The minimum absolute atomic E-state index is 0.186. The summed E-state index contributed by atoms with van der Waals surface area (Å²) >= 11 is 0. The van der Waals surface area contributed by atoms with Crippen molar-refractivity contribution < 1.29 is 19.1 Å². The van der Waals surface area contributed by atoms with E-state index in [9.17, 15) is 9.59 Å². The van der Waals surface area contributed by atoms with E-state index < -0.39 is 5.97 Å². The topological polar surface area (TPSA) is 70.4 Å². The fraction of sp³-hybridized carbons (Fsp3) is 0.320. The molecule has 0 unspecified atom stereocenters. The first-order chi connectivity index (χ1) is 14.8. The number of esters is 1. The van der Waals surface area contributed by atoms with Crippen LogP contribution in [0.15, 0.2) is 42.5 Å². The molecule has 0 spiro atoms. The quantitative estimate of drug-likeness (QED) is 0.397. The molecule has 3 rings (SSSR count). The predicted octanol–water partition coefficient (Wildman–Crippen LogP) is 4.47. The summed E-state index contributed by atoms with van der Waals surface area (Å²) < 4.78 is 12.4. The number of nitrogens with zero attached hydrogens (tertiary/aromatic N) is 2. The van der Waals surface area contributed by atoms with Gasteiger partial charge in [-0.1, -0.05) is 29.8 Å². The Hall–Kier alpha value is -3.41. The minimum Gasteiger partial charge on any atom is -0.497 e. The van der Waals surface area contributed by atoms with Crippen molar-refractivity contribution in [2.75, 3.05) is 13.7 Å². The molecule has 0 radical (unpaired) electrons. The summed E-state index contributed by atoms with van der Waals surface area (Å²) in [5.74, 6) is 0.166. The summed E-state index contributed by atoms with van der Waals surface area (Å²) in [4.78, 5) is 24.6. The van der Waals surface area contributed by atoms with Gasteiger partial charge >= 0.3 is 5.97 Å². The van der Waals surface area contributed by atoms with Crippen LogP contribution in [0.3, 0.4) is 0 Å². The lowest BCUT2D eigenvalue weighted by atomic mass is 10.0. The maximum atomic E-state index is 12.4. The largest absolute Gasteiger partial charge is 0.497 e. The molecule has 2 aromatic carbocycles. The molecule has 0 N–H and O–H groups in total. The van der Waals surface area contributed by atoms with Crippen molar-refractivity contribution >= 4 is 11.8 Å². The first-order valence-corrected chi connectivity index (χ1v) is 10.3. The average Bonchev–Trinajstić information content (AvgIpc) is 3.04. The van der Waals surface area contributed by atoms with Crippen LogP contribution >= 0.6 is 0 Å². The van der Waals surface area contributed by atoms with Gasteiger partial charge < -0.3 is 9.47 Å². The molecule has 0 saturated heterocycles. The zero-order valence-electron chi connectivity index (χ0n) is 18.7. The van der Waals surface area contributed by atoms with Crippen molar-refractivity contribution in [1.29, 1.82) is 0 Å². The lowest BCUT2D eigenvalue weighted by molar-refractivity contribution is -0.142. The number of carbonyl (C=O) groups is 2. The Morgan fingerprint density at radius 2 is 1.81 bits per heavy atom. The summed E-state index contributed by atoms with van der Waals surface area (Å²) in [6, 6.07) is 13.3. The Balaban J connectivity index is 1.61. The van der Waals surface area contributed by atoms with Gasteiger partial charge in [0.25, 0.3) is 0 Å². The monoisotopic (exact) mass is 420 g/mol. The number of hydrogen-bond acceptors (Lipinski definition) is 5. The highest BCUT2D eigenvalue weighted by Gasteiger charge is 2.16. The third kappa shape index (κ3) is 5.20. The molecule has 0 fully saturated rings. The normalized spacial score (nSPS) is 10.7. The smallest absolute Gasteiger partial charge is 0.306 e. The number of Topliss-reactive ketones (excluding diaryl/α,β-unsaturated/α-hetero) is 1. The highest BCUT2D eigenvalue weighted by atomic mass is 16.5. The molecular formula is C25H28N2O4. The number of hydrogen-bond donors (Lipinski definition) is 0. The van der Waals surface area contributed by atoms with Crippen molar-refractivity contribution in [1.82, 2.24) is 9.78 Å². The number of benzene rings is 2. The van der Waals surface area contributed by atoms with Crippen molar-refractivity contribution in [2.45, 2.75) is 40.5 Å². The second-order valence-corrected chi connectivity index (χ2v) is 7.66. The maximum Gasteiger partial charge on any atom is 0.306 e. The Kier molecular flexibility index (Phi) is 6.90. The van der Waals surface area contributed by atoms with Gasteiger partial charge in [-0.15, -0.1) is 0 Å². The molecule has 6 nitrogen and oxygen atoms in total. The molecule has 0 amide bonds. The molecule has 0 aliphatic carbocycles. The van der Waals surface area contributed by atoms with Gasteiger partial charge in [0.2, 0.25) is 5.78 Å². The standard InChI is InChI=1S/C25H28N2O4/c1-16-9-10-22(17(2)13-16)24(28)15-31-25(29)12-11-23-18(3)26-27(19(23)4)20-7-6-8-21(14-20)30-5/h6-10,13-14H,11-12,15H2,1-5H3. The molecule has 0 bridgehead atoms. The zero-order chi connectivity index (χ0) is 22.5. The van der Waals surface area contributed by atoms with Crippen LogP contribution in [0, 0.1) is 27.7 Å². The van der Waals surface area contributed by atoms with E-state index in [4.69, 9.17) is 9.47 Å². The molecule has 0 aliphatic rings. The summed E-state index contributed by atoms with van der Waals surface area (Å²) in [5.41, 5.74) is 6.28. The van der Waals surface area contributed by atoms with E-state index in [2.05, 4.69) is 5.10 Å². The molecule has 31 heavy (non-hydrogen) atoms. The van der Waals surface area contributed by atoms with Crippen LogP contribution < -0.4 is 4.74 Å². The summed E-state index contributed by atoms with van der Waals surface area (Å²) in [7, 11) is 1.63. The molecule has 6 heteroatoms. The molecule has 162 valence electrons. The lowest BCUT2D eigenvalue weighted by Gasteiger charge is -2.08. The number of ketones is 1. The van der Waals surface area contributed by atoms with Gasteiger partial charge in [0.15, 0.2) is 6.61 Å². The van der Waals surface area contributed by atoms with Gasteiger partial charge in [0.1, 0.15) is 5.75 Å². The second-order valence-electron chi connectivity index (χ2n) is 7.66. The van der Waals surface area contributed by atoms with E-state index in [0.717, 1.165) is 39.5 Å². The number of ether oxygens (including phenoxy) is 2. The van der Waals surface area contributed by atoms with E-state index >= 15 is 0 Å². The number of aryl methyl sites for hydroxylation is 3. The van der Waals surface area contributed by atoms with E-state index in [1.165, 1.54) is 0 Å². The van der Waals surface area contributed by atoms with Crippen LogP contribution in [0.1, 0.15) is 44.9 Å². The fourth-order valence-electron chi connectivity index (χ4n) is 3.68. The van der Waals surface area contributed by atoms with Gasteiger partial charge in [0.05, 0.1) is 18.5 Å². The Morgan fingerprint density at radius 3 is 2.52 bits per heavy atom. The first-order valence-electron chi connectivity index (χ1n) is 10.3. The van der Waals surface area contributed by atoms with Crippen molar-refractivity contribution in [2.24, 2.45) is 0 Å². The number of carbonyl (C=O) groups excluding carboxylic acids is 2. The minimum atomic E-state index is -0.397. The fourth-order valence-corrected chi connectivity index (χ4v) is 3.68. The summed E-state index contributed by atoms with van der Waals surface area (Å²) in [6.07, 6.45) is 0.684. The van der Waals surface area contributed by atoms with E-state index in [0.29, 0.717) is 12.0 Å². The SMILES string of the molecule is COc1cccc(-n2nc(C)c(CCC(=O)OCC(=O)c3ccc(C)cc3C)c2C)c1. The van der Waals surface area contributed by atoms with Crippen LogP contribution in [0.5, 0.6) is 5.75 Å². The zero-order valence-corrected chi connectivity index (χ0v) is 18.7. The van der Waals surface area contributed by atoms with Gasteiger partial charge in [-0.3, -0.25) is 9.59 Å². The summed E-state index contributed by atoms with van der Waals surface area (Å²) in [5, 5.41) is 4.62. The Bertz CT molecular complexity index is 1110. The van der Waals surface area contributed by atoms with E-state index in [1.807, 2.05) is 68.8 Å². The molecular weight excluding hydrogens is 392 g/mol. The molecule has 0 saturated carbocycles. The van der Waals surface area contributed by atoms with Crippen molar-refractivity contribution in [3.8, 4) is 11.4 Å². The molecule has 0 atom stereocenters. The lowest BCUT2D eigenvalue weighted by Crippen LogP contribution is -2.15. The highest BCUT2D eigenvalue weighted by Crippen LogP contribution is 2.22. The van der Waals surface area contributed by atoms with E-state index in [-0.39, 0.29) is 18.8 Å². The van der Waals surface area contributed by atoms with Gasteiger partial charge in [-0.05, 0) is 57.4 Å². The molecule has 1 heterocycles. The van der Waals surface area contributed by atoms with Gasteiger partial charge in [-0.25, -0.2) is 4.68 Å². The highest BCUT2D eigenvalue weighted by molar-refractivity contribution is 5.99. The van der Waals surface area contributed by atoms with Crippen molar-refractivity contribution in [3.05, 3.63) is 76.1 Å². The van der Waals surface area contributed by atoms with Crippen LogP contribution in [-0.2, 0) is 16.0 Å². The number of methoxy groups -OCH3 is 1. The van der Waals surface area contributed by atoms with Crippen LogP contribution in [0.2, 0.25) is 0 Å². The second kappa shape index (κ2) is 9.60. The maximum absolute atomic E-state index is 12.4. The first kappa shape index (κ1) is 22.3. The Labute approximate surface area is 182 Å². The number of aromatic nitrogens is 2. The molecule has 1 aromatic heterocycles. The van der Waals surface area contributed by atoms with Crippen LogP contribution in [0.4, 0.5) is 0 Å². The van der Waals surface area contributed by atoms with Crippen LogP contribution in [0.25, 0.3) is 5.69 Å². The van der Waals surface area contributed by atoms with Crippen molar-refractivity contribution in [3.63, 3.8) is 0 Å². The Morgan fingerprint density at radius 1 is 1.03 bits per heavy atom. The molecule has 3 aromatic rings.